The van der Waals surface area contributed by atoms with E-state index in [1.165, 1.54) is 5.56 Å². The lowest BCUT2D eigenvalue weighted by molar-refractivity contribution is 0.262. The maximum atomic E-state index is 6.01. The lowest BCUT2D eigenvalue weighted by Gasteiger charge is -2.23. The molecule has 0 aliphatic carbocycles. The molecule has 2 unspecified atom stereocenters. The molecule has 5 heteroatoms. The van der Waals surface area contributed by atoms with Gasteiger partial charge in [0.05, 0.1) is 17.9 Å². The average molecular weight is 281 g/mol. The Bertz CT molecular complexity index is 555. The number of hydrogen-bond acceptors (Lipinski definition) is 4. The molecule has 3 rings (SSSR count). The molecule has 1 aromatic heterocycles. The summed E-state index contributed by atoms with van der Waals surface area (Å²) in [5.41, 5.74) is 1.24. The van der Waals surface area contributed by atoms with Gasteiger partial charge in [-0.3, -0.25) is 0 Å². The predicted octanol–water partition coefficient (Wildman–Crippen LogP) is 3.56. The smallest absolute Gasteiger partial charge is 0.135 e. The van der Waals surface area contributed by atoms with Gasteiger partial charge in [-0.15, -0.1) is 21.8 Å². The van der Waals surface area contributed by atoms with Gasteiger partial charge in [-0.1, -0.05) is 29.5 Å². The van der Waals surface area contributed by atoms with Gasteiger partial charge in [0, 0.05) is 0 Å². The number of benzene rings is 1. The van der Waals surface area contributed by atoms with Gasteiger partial charge in [-0.05, 0) is 25.0 Å². The number of para-hydroxylation sites is 1. The number of alkyl halides is 1. The molecule has 18 heavy (non-hydrogen) atoms. The first kappa shape index (κ1) is 11.9. The average Bonchev–Trinajstić information content (AvgIpc) is 2.88. The summed E-state index contributed by atoms with van der Waals surface area (Å²) in [6, 6.07) is 8.15. The van der Waals surface area contributed by atoms with Crippen LogP contribution in [0.1, 0.15) is 33.8 Å². The maximum Gasteiger partial charge on any atom is 0.135 e. The molecular formula is C13H13ClN2OS. The first-order valence-electron chi connectivity index (χ1n) is 5.92. The van der Waals surface area contributed by atoms with Crippen molar-refractivity contribution in [2.75, 3.05) is 6.61 Å². The predicted molar refractivity (Wildman–Crippen MR) is 72.6 cm³/mol. The first-order valence-corrected chi connectivity index (χ1v) is 7.17. The second-order valence-corrected chi connectivity index (χ2v) is 6.11. The Morgan fingerprint density at radius 2 is 2.22 bits per heavy atom. The molecule has 0 saturated carbocycles. The van der Waals surface area contributed by atoms with Crippen molar-refractivity contribution in [3.8, 4) is 5.75 Å². The molecule has 0 N–H and O–H groups in total. The molecule has 2 heterocycles. The minimum absolute atomic E-state index is 0.0759. The Labute approximate surface area is 115 Å². The van der Waals surface area contributed by atoms with E-state index >= 15 is 0 Å². The largest absolute Gasteiger partial charge is 0.493 e. The Kier molecular flexibility index (Phi) is 3.22. The van der Waals surface area contributed by atoms with Crippen LogP contribution in [0.2, 0.25) is 0 Å². The molecule has 94 valence electrons. The fourth-order valence-corrected chi connectivity index (χ4v) is 3.09. The van der Waals surface area contributed by atoms with Gasteiger partial charge >= 0.3 is 0 Å². The van der Waals surface area contributed by atoms with Crippen LogP contribution in [-0.2, 0) is 6.42 Å². The van der Waals surface area contributed by atoms with Crippen molar-refractivity contribution in [2.24, 2.45) is 0 Å². The summed E-state index contributed by atoms with van der Waals surface area (Å²) in [6.07, 6.45) is 0.960. The summed E-state index contributed by atoms with van der Waals surface area (Å²) in [5.74, 6) is 1.28. The summed E-state index contributed by atoms with van der Waals surface area (Å²) in [6.45, 7) is 2.58. The SMILES string of the molecule is CC(Cl)c1nnc(C2COc3ccccc3C2)s1. The quantitative estimate of drug-likeness (QED) is 0.789. The number of halogens is 1. The van der Waals surface area contributed by atoms with Gasteiger partial charge in [0.1, 0.15) is 15.8 Å². The van der Waals surface area contributed by atoms with Crippen LogP contribution in [0.15, 0.2) is 24.3 Å². The van der Waals surface area contributed by atoms with Gasteiger partial charge < -0.3 is 4.74 Å². The van der Waals surface area contributed by atoms with E-state index in [1.54, 1.807) is 11.3 Å². The molecule has 3 nitrogen and oxygen atoms in total. The van der Waals surface area contributed by atoms with E-state index < -0.39 is 0 Å². The van der Waals surface area contributed by atoms with Crippen LogP contribution < -0.4 is 4.74 Å². The van der Waals surface area contributed by atoms with E-state index in [2.05, 4.69) is 16.3 Å². The molecule has 1 aromatic carbocycles. The van der Waals surface area contributed by atoms with Crippen LogP contribution in [0.5, 0.6) is 5.75 Å². The third-order valence-corrected chi connectivity index (χ3v) is 4.63. The lowest BCUT2D eigenvalue weighted by Crippen LogP contribution is -2.18. The molecule has 0 spiro atoms. The molecule has 0 fully saturated rings. The Hall–Kier alpha value is -1.13. The zero-order chi connectivity index (χ0) is 12.5. The highest BCUT2D eigenvalue weighted by atomic mass is 35.5. The van der Waals surface area contributed by atoms with Crippen molar-refractivity contribution >= 4 is 22.9 Å². The van der Waals surface area contributed by atoms with Crippen molar-refractivity contribution in [1.29, 1.82) is 0 Å². The zero-order valence-corrected chi connectivity index (χ0v) is 11.5. The number of rotatable bonds is 2. The van der Waals surface area contributed by atoms with E-state index in [-0.39, 0.29) is 5.38 Å². The molecule has 2 atom stereocenters. The summed E-state index contributed by atoms with van der Waals surface area (Å²) in [7, 11) is 0. The first-order chi connectivity index (χ1) is 8.74. The second-order valence-electron chi connectivity index (χ2n) is 4.41. The van der Waals surface area contributed by atoms with Gasteiger partial charge in [-0.2, -0.15) is 0 Å². The topological polar surface area (TPSA) is 35.0 Å². The summed E-state index contributed by atoms with van der Waals surface area (Å²) in [4.78, 5) is 0. The molecule has 0 amide bonds. The summed E-state index contributed by atoms with van der Waals surface area (Å²) < 4.78 is 5.77. The Morgan fingerprint density at radius 3 is 3.00 bits per heavy atom. The third-order valence-electron chi connectivity index (χ3n) is 3.02. The number of fused-ring (bicyclic) bond motifs is 1. The van der Waals surface area contributed by atoms with Crippen LogP contribution in [0.3, 0.4) is 0 Å². The van der Waals surface area contributed by atoms with E-state index in [0.717, 1.165) is 22.2 Å². The molecular weight excluding hydrogens is 268 g/mol. The standard InChI is InChI=1S/C13H13ClN2OS/c1-8(14)12-15-16-13(18-12)10-6-9-4-2-3-5-11(9)17-7-10/h2-5,8,10H,6-7H2,1H3. The Balaban J connectivity index is 1.83. The number of ether oxygens (including phenoxy) is 1. The van der Waals surface area contributed by atoms with Gasteiger partial charge in [0.25, 0.3) is 0 Å². The maximum absolute atomic E-state index is 6.01. The van der Waals surface area contributed by atoms with Crippen molar-refractivity contribution < 1.29 is 4.74 Å². The molecule has 0 saturated heterocycles. The molecule has 2 aromatic rings. The molecule has 1 aliphatic rings. The van der Waals surface area contributed by atoms with Crippen molar-refractivity contribution in [3.63, 3.8) is 0 Å². The summed E-state index contributed by atoms with van der Waals surface area (Å²) >= 11 is 7.60. The fraction of sp³-hybridized carbons (Fsp3) is 0.385. The van der Waals surface area contributed by atoms with E-state index in [9.17, 15) is 0 Å². The normalized spacial score (nSPS) is 20.0. The molecule has 1 aliphatic heterocycles. The van der Waals surface area contributed by atoms with Crippen molar-refractivity contribution in [2.45, 2.75) is 24.6 Å². The van der Waals surface area contributed by atoms with E-state index in [4.69, 9.17) is 16.3 Å². The minimum Gasteiger partial charge on any atom is -0.493 e. The number of nitrogens with zero attached hydrogens (tertiary/aromatic N) is 2. The number of aromatic nitrogens is 2. The van der Waals surface area contributed by atoms with Crippen molar-refractivity contribution in [3.05, 3.63) is 39.8 Å². The van der Waals surface area contributed by atoms with Crippen LogP contribution in [0, 0.1) is 0 Å². The van der Waals surface area contributed by atoms with Crippen LogP contribution in [0.25, 0.3) is 0 Å². The third kappa shape index (κ3) is 2.22. The zero-order valence-electron chi connectivity index (χ0n) is 9.97. The lowest BCUT2D eigenvalue weighted by atomic mass is 9.97. The monoisotopic (exact) mass is 280 g/mol. The fourth-order valence-electron chi connectivity index (χ4n) is 2.06. The highest BCUT2D eigenvalue weighted by molar-refractivity contribution is 7.11. The van der Waals surface area contributed by atoms with Crippen LogP contribution >= 0.6 is 22.9 Å². The highest BCUT2D eigenvalue weighted by Gasteiger charge is 2.24. The molecule has 0 bridgehead atoms. The Morgan fingerprint density at radius 1 is 1.39 bits per heavy atom. The highest BCUT2D eigenvalue weighted by Crippen LogP contribution is 2.34. The second kappa shape index (κ2) is 4.86. The van der Waals surface area contributed by atoms with Gasteiger partial charge in [0.2, 0.25) is 0 Å². The minimum atomic E-state index is -0.0759. The van der Waals surface area contributed by atoms with E-state index in [1.807, 2.05) is 25.1 Å². The van der Waals surface area contributed by atoms with E-state index in [0.29, 0.717) is 12.5 Å². The van der Waals surface area contributed by atoms with Gasteiger partial charge in [0.15, 0.2) is 0 Å². The van der Waals surface area contributed by atoms with Crippen LogP contribution in [0.4, 0.5) is 0 Å². The van der Waals surface area contributed by atoms with Crippen LogP contribution in [-0.4, -0.2) is 16.8 Å². The summed E-state index contributed by atoms with van der Waals surface area (Å²) in [5, 5.41) is 10.2. The molecule has 0 radical (unpaired) electrons. The van der Waals surface area contributed by atoms with Gasteiger partial charge in [-0.25, -0.2) is 0 Å². The van der Waals surface area contributed by atoms with Crippen molar-refractivity contribution in [1.82, 2.24) is 10.2 Å². The number of hydrogen-bond donors (Lipinski definition) is 0.